The summed E-state index contributed by atoms with van der Waals surface area (Å²) >= 11 is 6.09. The third-order valence-electron chi connectivity index (χ3n) is 5.07. The fraction of sp³-hybridized carbons (Fsp3) is 0.579. The minimum absolute atomic E-state index is 0. The highest BCUT2D eigenvalue weighted by Gasteiger charge is 2.22. The van der Waals surface area contributed by atoms with Gasteiger partial charge in [0.25, 0.3) is 5.91 Å². The van der Waals surface area contributed by atoms with Crippen molar-refractivity contribution in [2.24, 2.45) is 5.92 Å². The molecule has 0 saturated carbocycles. The number of anilines is 1. The summed E-state index contributed by atoms with van der Waals surface area (Å²) in [7, 11) is 0. The van der Waals surface area contributed by atoms with Crippen LogP contribution in [-0.4, -0.2) is 42.9 Å². The Hall–Kier alpha value is -1.30. The molecule has 2 amide bonds. The zero-order chi connectivity index (χ0) is 17.6. The second kappa shape index (κ2) is 10.1. The lowest BCUT2D eigenvalue weighted by molar-refractivity contribution is -0.116. The van der Waals surface area contributed by atoms with E-state index in [4.69, 9.17) is 11.6 Å². The number of nitrogens with one attached hydrogen (secondary N) is 2. The molecular formula is C19H27Cl2N3O2. The molecule has 5 nitrogen and oxygen atoms in total. The van der Waals surface area contributed by atoms with Crippen LogP contribution >= 0.6 is 24.0 Å². The first-order valence-corrected chi connectivity index (χ1v) is 9.60. The molecule has 2 fully saturated rings. The van der Waals surface area contributed by atoms with Crippen LogP contribution in [0.2, 0.25) is 5.02 Å². The summed E-state index contributed by atoms with van der Waals surface area (Å²) in [5.41, 5.74) is 1.06. The van der Waals surface area contributed by atoms with E-state index in [0.29, 0.717) is 28.6 Å². The van der Waals surface area contributed by atoms with E-state index in [2.05, 4.69) is 10.6 Å². The number of rotatable bonds is 5. The number of halogens is 2. The molecule has 0 spiro atoms. The Morgan fingerprint density at radius 2 is 2.00 bits per heavy atom. The van der Waals surface area contributed by atoms with Crippen LogP contribution in [0.1, 0.15) is 48.9 Å². The molecular weight excluding hydrogens is 373 g/mol. The van der Waals surface area contributed by atoms with Crippen molar-refractivity contribution in [2.75, 3.05) is 31.5 Å². The van der Waals surface area contributed by atoms with Gasteiger partial charge in [0.15, 0.2) is 0 Å². The molecule has 3 rings (SSSR count). The maximum absolute atomic E-state index is 12.8. The van der Waals surface area contributed by atoms with Crippen molar-refractivity contribution in [1.82, 2.24) is 10.2 Å². The summed E-state index contributed by atoms with van der Waals surface area (Å²) in [4.78, 5) is 27.0. The Morgan fingerprint density at radius 3 is 2.69 bits per heavy atom. The summed E-state index contributed by atoms with van der Waals surface area (Å²) < 4.78 is 0. The van der Waals surface area contributed by atoms with Crippen molar-refractivity contribution in [1.29, 1.82) is 0 Å². The van der Waals surface area contributed by atoms with Gasteiger partial charge in [0.2, 0.25) is 5.91 Å². The fourth-order valence-electron chi connectivity index (χ4n) is 3.58. The Kier molecular flexibility index (Phi) is 8.19. The van der Waals surface area contributed by atoms with Crippen LogP contribution in [0.15, 0.2) is 18.2 Å². The largest absolute Gasteiger partial charge is 0.339 e. The lowest BCUT2D eigenvalue weighted by Crippen LogP contribution is -2.36. The van der Waals surface area contributed by atoms with Gasteiger partial charge in [-0.15, -0.1) is 12.4 Å². The molecule has 2 aliphatic rings. The maximum Gasteiger partial charge on any atom is 0.255 e. The number of hydrogen-bond acceptors (Lipinski definition) is 3. The summed E-state index contributed by atoms with van der Waals surface area (Å²) in [5.74, 6) is 0.494. The number of likely N-dealkylation sites (tertiary alicyclic amines) is 1. The van der Waals surface area contributed by atoms with Crippen molar-refractivity contribution >= 4 is 41.5 Å². The molecule has 0 bridgehead atoms. The molecule has 2 N–H and O–H groups in total. The number of carbonyl (C=O) groups is 2. The van der Waals surface area contributed by atoms with Crippen LogP contribution in [0.5, 0.6) is 0 Å². The molecule has 2 aliphatic heterocycles. The minimum atomic E-state index is -0.0538. The van der Waals surface area contributed by atoms with Gasteiger partial charge < -0.3 is 15.5 Å². The van der Waals surface area contributed by atoms with Gasteiger partial charge in [-0.3, -0.25) is 9.59 Å². The van der Waals surface area contributed by atoms with Gasteiger partial charge in [0.1, 0.15) is 0 Å². The Labute approximate surface area is 166 Å². The molecule has 26 heavy (non-hydrogen) atoms. The van der Waals surface area contributed by atoms with E-state index in [1.807, 2.05) is 4.90 Å². The van der Waals surface area contributed by atoms with Gasteiger partial charge in [0, 0.05) is 24.5 Å². The minimum Gasteiger partial charge on any atom is -0.339 e. The number of piperidine rings is 1. The lowest BCUT2D eigenvalue weighted by Gasteiger charge is -2.27. The van der Waals surface area contributed by atoms with Crippen LogP contribution < -0.4 is 10.6 Å². The molecule has 7 heteroatoms. The van der Waals surface area contributed by atoms with Crippen molar-refractivity contribution in [3.05, 3.63) is 28.8 Å². The topological polar surface area (TPSA) is 61.4 Å². The second-order valence-corrected chi connectivity index (χ2v) is 7.42. The molecule has 0 aromatic heterocycles. The summed E-state index contributed by atoms with van der Waals surface area (Å²) in [6.45, 7) is 3.59. The highest BCUT2D eigenvalue weighted by molar-refractivity contribution is 6.31. The van der Waals surface area contributed by atoms with E-state index in [0.717, 1.165) is 51.9 Å². The van der Waals surface area contributed by atoms with Gasteiger partial charge in [-0.25, -0.2) is 0 Å². The standard InChI is InChI=1S/C19H26ClN3O2.ClH/c20-15-5-6-16(19(25)23-10-2-1-3-11-23)17(12-15)22-18(24)7-4-14-8-9-21-13-14;/h5-6,12,14,21H,1-4,7-11,13H2,(H,22,24);1H. The maximum atomic E-state index is 12.8. The van der Waals surface area contributed by atoms with Gasteiger partial charge in [0.05, 0.1) is 11.3 Å². The predicted molar refractivity (Wildman–Crippen MR) is 107 cm³/mol. The number of benzene rings is 1. The lowest BCUT2D eigenvalue weighted by atomic mass is 10.0. The van der Waals surface area contributed by atoms with Crippen LogP contribution in [0.3, 0.4) is 0 Å². The summed E-state index contributed by atoms with van der Waals surface area (Å²) in [6, 6.07) is 5.10. The SMILES string of the molecule is Cl.O=C(CCC1CCNC1)Nc1cc(Cl)ccc1C(=O)N1CCCCC1. The normalized spacial score (nSPS) is 19.7. The van der Waals surface area contributed by atoms with Crippen LogP contribution in [0.4, 0.5) is 5.69 Å². The highest BCUT2D eigenvalue weighted by Crippen LogP contribution is 2.25. The van der Waals surface area contributed by atoms with E-state index >= 15 is 0 Å². The number of carbonyl (C=O) groups excluding carboxylic acids is 2. The van der Waals surface area contributed by atoms with E-state index in [-0.39, 0.29) is 24.2 Å². The fourth-order valence-corrected chi connectivity index (χ4v) is 3.75. The zero-order valence-electron chi connectivity index (χ0n) is 14.9. The van der Waals surface area contributed by atoms with Crippen LogP contribution in [-0.2, 0) is 4.79 Å². The van der Waals surface area contributed by atoms with E-state index in [1.165, 1.54) is 6.42 Å². The third kappa shape index (κ3) is 5.60. The number of hydrogen-bond donors (Lipinski definition) is 2. The smallest absolute Gasteiger partial charge is 0.255 e. The third-order valence-corrected chi connectivity index (χ3v) is 5.31. The Morgan fingerprint density at radius 1 is 1.23 bits per heavy atom. The van der Waals surface area contributed by atoms with Crippen LogP contribution in [0, 0.1) is 5.92 Å². The average molecular weight is 400 g/mol. The molecule has 2 heterocycles. The van der Waals surface area contributed by atoms with Gasteiger partial charge in [-0.05, 0) is 69.3 Å². The number of nitrogens with zero attached hydrogens (tertiary/aromatic N) is 1. The zero-order valence-corrected chi connectivity index (χ0v) is 16.5. The Balaban J connectivity index is 0.00000243. The van der Waals surface area contributed by atoms with Crippen molar-refractivity contribution in [3.63, 3.8) is 0 Å². The molecule has 1 aromatic rings. The molecule has 1 atom stereocenters. The first kappa shape index (κ1) is 21.0. The van der Waals surface area contributed by atoms with E-state index in [9.17, 15) is 9.59 Å². The second-order valence-electron chi connectivity index (χ2n) is 6.99. The molecule has 144 valence electrons. The van der Waals surface area contributed by atoms with Gasteiger partial charge in [-0.1, -0.05) is 11.6 Å². The van der Waals surface area contributed by atoms with Crippen LogP contribution in [0.25, 0.3) is 0 Å². The molecule has 0 radical (unpaired) electrons. The first-order valence-electron chi connectivity index (χ1n) is 9.23. The Bertz CT molecular complexity index is 627. The average Bonchev–Trinajstić information content (AvgIpc) is 3.14. The summed E-state index contributed by atoms with van der Waals surface area (Å²) in [5, 5.41) is 6.74. The monoisotopic (exact) mass is 399 g/mol. The van der Waals surface area contributed by atoms with E-state index < -0.39 is 0 Å². The highest BCUT2D eigenvalue weighted by atomic mass is 35.5. The molecule has 1 aromatic carbocycles. The van der Waals surface area contributed by atoms with Crippen molar-refractivity contribution < 1.29 is 9.59 Å². The number of amides is 2. The first-order chi connectivity index (χ1) is 12.1. The van der Waals surface area contributed by atoms with Gasteiger partial charge in [-0.2, -0.15) is 0 Å². The van der Waals surface area contributed by atoms with E-state index in [1.54, 1.807) is 18.2 Å². The van der Waals surface area contributed by atoms with Crippen molar-refractivity contribution in [2.45, 2.75) is 38.5 Å². The summed E-state index contributed by atoms with van der Waals surface area (Å²) in [6.07, 6.45) is 5.71. The predicted octanol–water partition coefficient (Wildman–Crippen LogP) is 3.72. The molecule has 2 saturated heterocycles. The molecule has 1 unspecified atom stereocenters. The molecule has 0 aliphatic carbocycles. The van der Waals surface area contributed by atoms with Gasteiger partial charge >= 0.3 is 0 Å². The van der Waals surface area contributed by atoms with Crippen molar-refractivity contribution in [3.8, 4) is 0 Å². The quantitative estimate of drug-likeness (QED) is 0.792.